The monoisotopic (exact) mass is 457 g/mol. The maximum Gasteiger partial charge on any atom is 0.407 e. The SMILES string of the molecule is CC(C)COC(=O)N[C@@H](Cc1c[nH]c2ccccc12)C(=O)Nc1ccc(Br)cc1. The first kappa shape index (κ1) is 20.9. The van der Waals surface area contributed by atoms with E-state index in [1.165, 1.54) is 0 Å². The van der Waals surface area contributed by atoms with Gasteiger partial charge in [0.05, 0.1) is 6.61 Å². The van der Waals surface area contributed by atoms with E-state index in [1.807, 2.05) is 56.4 Å². The van der Waals surface area contributed by atoms with Crippen LogP contribution in [0.25, 0.3) is 10.9 Å². The molecular weight excluding hydrogens is 434 g/mol. The van der Waals surface area contributed by atoms with Gasteiger partial charge in [-0.15, -0.1) is 0 Å². The number of anilines is 1. The van der Waals surface area contributed by atoms with Crippen LogP contribution in [0.4, 0.5) is 10.5 Å². The van der Waals surface area contributed by atoms with Gasteiger partial charge in [-0.25, -0.2) is 4.79 Å². The quantitative estimate of drug-likeness (QED) is 0.473. The number of ether oxygens (including phenoxy) is 1. The molecule has 0 bridgehead atoms. The molecule has 0 aliphatic rings. The van der Waals surface area contributed by atoms with E-state index in [-0.39, 0.29) is 11.8 Å². The van der Waals surface area contributed by atoms with E-state index in [0.29, 0.717) is 18.7 Å². The Labute approximate surface area is 178 Å². The molecule has 3 rings (SSSR count). The number of halogens is 1. The lowest BCUT2D eigenvalue weighted by Gasteiger charge is -2.19. The Morgan fingerprint density at radius 3 is 2.55 bits per heavy atom. The Hall–Kier alpha value is -2.80. The number of hydrogen-bond donors (Lipinski definition) is 3. The van der Waals surface area contributed by atoms with Crippen molar-refractivity contribution in [2.45, 2.75) is 26.3 Å². The van der Waals surface area contributed by atoms with Crippen LogP contribution < -0.4 is 10.6 Å². The average Bonchev–Trinajstić information content (AvgIpc) is 3.10. The van der Waals surface area contributed by atoms with Gasteiger partial charge in [-0.2, -0.15) is 0 Å². The molecule has 0 saturated heterocycles. The third-order valence-corrected chi connectivity index (χ3v) is 4.90. The Morgan fingerprint density at radius 2 is 1.83 bits per heavy atom. The number of nitrogens with one attached hydrogen (secondary N) is 3. The van der Waals surface area contributed by atoms with Gasteiger partial charge < -0.3 is 20.4 Å². The number of carbonyl (C=O) groups excluding carboxylic acids is 2. The zero-order valence-electron chi connectivity index (χ0n) is 16.4. The third-order valence-electron chi connectivity index (χ3n) is 4.37. The van der Waals surface area contributed by atoms with Crippen LogP contribution in [-0.2, 0) is 16.0 Å². The van der Waals surface area contributed by atoms with Gasteiger partial charge in [0.1, 0.15) is 6.04 Å². The van der Waals surface area contributed by atoms with E-state index >= 15 is 0 Å². The molecule has 3 aromatic rings. The van der Waals surface area contributed by atoms with Crippen molar-refractivity contribution < 1.29 is 14.3 Å². The van der Waals surface area contributed by atoms with Gasteiger partial charge in [0.15, 0.2) is 0 Å². The van der Waals surface area contributed by atoms with Gasteiger partial charge in [-0.1, -0.05) is 48.0 Å². The molecule has 0 unspecified atom stereocenters. The summed E-state index contributed by atoms with van der Waals surface area (Å²) in [7, 11) is 0. The summed E-state index contributed by atoms with van der Waals surface area (Å²) in [4.78, 5) is 28.4. The van der Waals surface area contributed by atoms with Crippen LogP contribution in [0.5, 0.6) is 0 Å². The lowest BCUT2D eigenvalue weighted by Crippen LogP contribution is -2.45. The number of fused-ring (bicyclic) bond motifs is 1. The van der Waals surface area contributed by atoms with Crippen LogP contribution in [0.15, 0.2) is 59.2 Å². The molecule has 2 aromatic carbocycles. The van der Waals surface area contributed by atoms with E-state index in [1.54, 1.807) is 12.1 Å². The second-order valence-corrected chi connectivity index (χ2v) is 8.16. The van der Waals surface area contributed by atoms with E-state index in [4.69, 9.17) is 4.74 Å². The highest BCUT2D eigenvalue weighted by atomic mass is 79.9. The maximum absolute atomic E-state index is 12.9. The highest BCUT2D eigenvalue weighted by Crippen LogP contribution is 2.20. The Balaban J connectivity index is 1.77. The summed E-state index contributed by atoms with van der Waals surface area (Å²) in [5.74, 6) is -0.0940. The molecule has 6 nitrogen and oxygen atoms in total. The molecular formula is C22H24BrN3O3. The predicted molar refractivity (Wildman–Crippen MR) is 118 cm³/mol. The molecule has 2 amide bonds. The highest BCUT2D eigenvalue weighted by molar-refractivity contribution is 9.10. The second kappa shape index (κ2) is 9.60. The molecule has 1 heterocycles. The molecule has 0 spiro atoms. The van der Waals surface area contributed by atoms with Crippen molar-refractivity contribution in [2.24, 2.45) is 5.92 Å². The molecule has 29 heavy (non-hydrogen) atoms. The minimum Gasteiger partial charge on any atom is -0.449 e. The van der Waals surface area contributed by atoms with Crippen LogP contribution in [-0.4, -0.2) is 29.6 Å². The fourth-order valence-electron chi connectivity index (χ4n) is 2.92. The lowest BCUT2D eigenvalue weighted by molar-refractivity contribution is -0.118. The van der Waals surface area contributed by atoms with Crippen molar-refractivity contribution in [3.63, 3.8) is 0 Å². The van der Waals surface area contributed by atoms with Crippen molar-refractivity contribution in [3.8, 4) is 0 Å². The van der Waals surface area contributed by atoms with Crippen molar-refractivity contribution >= 4 is 44.5 Å². The number of aromatic amines is 1. The predicted octanol–water partition coefficient (Wildman–Crippen LogP) is 4.86. The van der Waals surface area contributed by atoms with E-state index in [0.717, 1.165) is 20.9 Å². The first-order chi connectivity index (χ1) is 13.9. The van der Waals surface area contributed by atoms with Gasteiger partial charge in [0.2, 0.25) is 5.91 Å². The smallest absolute Gasteiger partial charge is 0.407 e. The molecule has 7 heteroatoms. The van der Waals surface area contributed by atoms with Crippen molar-refractivity contribution in [1.82, 2.24) is 10.3 Å². The van der Waals surface area contributed by atoms with Gasteiger partial charge in [0.25, 0.3) is 0 Å². The van der Waals surface area contributed by atoms with Crippen LogP contribution in [0.3, 0.4) is 0 Å². The van der Waals surface area contributed by atoms with Crippen molar-refractivity contribution in [2.75, 3.05) is 11.9 Å². The fourth-order valence-corrected chi connectivity index (χ4v) is 3.18. The normalized spacial score (nSPS) is 12.0. The van der Waals surface area contributed by atoms with Crippen molar-refractivity contribution in [1.29, 1.82) is 0 Å². The number of para-hydroxylation sites is 1. The minimum atomic E-state index is -0.780. The summed E-state index contributed by atoms with van der Waals surface area (Å²) in [5.41, 5.74) is 2.58. The number of rotatable bonds is 7. The number of aromatic nitrogens is 1. The number of H-pyrrole nitrogens is 1. The Bertz CT molecular complexity index is 982. The van der Waals surface area contributed by atoms with Crippen LogP contribution in [0, 0.1) is 5.92 Å². The van der Waals surface area contributed by atoms with Crippen LogP contribution in [0.2, 0.25) is 0 Å². The fraction of sp³-hybridized carbons (Fsp3) is 0.273. The van der Waals surface area contributed by atoms with Gasteiger partial charge in [-0.05, 0) is 41.8 Å². The van der Waals surface area contributed by atoms with E-state index in [9.17, 15) is 9.59 Å². The second-order valence-electron chi connectivity index (χ2n) is 7.25. The maximum atomic E-state index is 12.9. The largest absolute Gasteiger partial charge is 0.449 e. The Morgan fingerprint density at radius 1 is 1.10 bits per heavy atom. The molecule has 0 radical (unpaired) electrons. The standard InChI is InChI=1S/C22H24BrN3O3/c1-14(2)13-29-22(28)26-20(21(27)25-17-9-7-16(23)8-10-17)11-15-12-24-19-6-4-3-5-18(15)19/h3-10,12,14,20,24H,11,13H2,1-2H3,(H,25,27)(H,26,28)/t20-/m0/s1. The molecule has 152 valence electrons. The minimum absolute atomic E-state index is 0.212. The summed E-state index contributed by atoms with van der Waals surface area (Å²) >= 11 is 3.38. The van der Waals surface area contributed by atoms with Gasteiger partial charge in [-0.3, -0.25) is 4.79 Å². The number of carbonyl (C=O) groups is 2. The molecule has 0 aliphatic heterocycles. The molecule has 0 aliphatic carbocycles. The van der Waals surface area contributed by atoms with Crippen molar-refractivity contribution in [3.05, 3.63) is 64.8 Å². The Kier molecular flexibility index (Phi) is 6.93. The topological polar surface area (TPSA) is 83.2 Å². The van der Waals surface area contributed by atoms with Gasteiger partial charge in [0, 0.05) is 33.7 Å². The average molecular weight is 458 g/mol. The third kappa shape index (κ3) is 5.84. The molecule has 0 fully saturated rings. The number of amides is 2. The first-order valence-corrected chi connectivity index (χ1v) is 10.3. The molecule has 0 saturated carbocycles. The van der Waals surface area contributed by atoms with E-state index < -0.39 is 12.1 Å². The number of hydrogen-bond acceptors (Lipinski definition) is 3. The summed E-state index contributed by atoms with van der Waals surface area (Å²) in [5, 5.41) is 6.59. The highest BCUT2D eigenvalue weighted by Gasteiger charge is 2.23. The van der Waals surface area contributed by atoms with E-state index in [2.05, 4.69) is 31.5 Å². The molecule has 1 atom stereocenters. The zero-order chi connectivity index (χ0) is 20.8. The summed E-state index contributed by atoms with van der Waals surface area (Å²) < 4.78 is 6.13. The summed E-state index contributed by atoms with van der Waals surface area (Å²) in [6.07, 6.45) is 1.60. The summed E-state index contributed by atoms with van der Waals surface area (Å²) in [6.45, 7) is 4.20. The number of alkyl carbamates (subject to hydrolysis) is 1. The molecule has 3 N–H and O–H groups in total. The van der Waals surface area contributed by atoms with Crippen LogP contribution in [0.1, 0.15) is 19.4 Å². The first-order valence-electron chi connectivity index (χ1n) is 9.47. The lowest BCUT2D eigenvalue weighted by atomic mass is 10.0. The zero-order valence-corrected chi connectivity index (χ0v) is 18.0. The summed E-state index contributed by atoms with van der Waals surface area (Å²) in [6, 6.07) is 14.3. The van der Waals surface area contributed by atoms with Crippen LogP contribution >= 0.6 is 15.9 Å². The molecule has 1 aromatic heterocycles. The van der Waals surface area contributed by atoms with Gasteiger partial charge >= 0.3 is 6.09 Å². The number of benzene rings is 2.